The number of hydrogen-bond donors (Lipinski definition) is 1. The standard InChI is InChI=1S/C17H22N4O/c1-14(20-17-18-8-5-9-19-17)16-13-21(10-11-22-16)12-15-6-3-2-4-7-15/h2-9,14,16H,10-13H2,1H3,(H,18,19,20). The first-order valence-electron chi connectivity index (χ1n) is 7.73. The number of ether oxygens (including phenoxy) is 1. The monoisotopic (exact) mass is 298 g/mol. The van der Waals surface area contributed by atoms with Gasteiger partial charge in [0.2, 0.25) is 5.95 Å². The van der Waals surface area contributed by atoms with Crippen molar-refractivity contribution >= 4 is 5.95 Å². The fourth-order valence-corrected chi connectivity index (χ4v) is 2.69. The summed E-state index contributed by atoms with van der Waals surface area (Å²) in [4.78, 5) is 10.9. The Bertz CT molecular complexity index is 524. The summed E-state index contributed by atoms with van der Waals surface area (Å²) in [5, 5.41) is 3.32. The van der Waals surface area contributed by atoms with Gasteiger partial charge in [0.15, 0.2) is 0 Å². The molecule has 1 aliphatic heterocycles. The van der Waals surface area contributed by atoms with Crippen LogP contribution in [-0.4, -0.2) is 46.7 Å². The molecule has 0 aliphatic carbocycles. The van der Waals surface area contributed by atoms with Gasteiger partial charge in [-0.3, -0.25) is 4.90 Å². The Labute approximate surface area is 131 Å². The number of nitrogens with zero attached hydrogens (tertiary/aromatic N) is 3. The number of aromatic nitrogens is 2. The summed E-state index contributed by atoms with van der Waals surface area (Å²) in [6.45, 7) is 5.73. The van der Waals surface area contributed by atoms with Gasteiger partial charge >= 0.3 is 0 Å². The van der Waals surface area contributed by atoms with Crippen molar-refractivity contribution in [2.24, 2.45) is 0 Å². The topological polar surface area (TPSA) is 50.3 Å². The molecule has 2 heterocycles. The fraction of sp³-hybridized carbons (Fsp3) is 0.412. The van der Waals surface area contributed by atoms with Crippen LogP contribution in [0.25, 0.3) is 0 Å². The van der Waals surface area contributed by atoms with Gasteiger partial charge in [0.05, 0.1) is 18.8 Å². The molecule has 0 radical (unpaired) electrons. The van der Waals surface area contributed by atoms with E-state index < -0.39 is 0 Å². The molecule has 22 heavy (non-hydrogen) atoms. The van der Waals surface area contributed by atoms with Gasteiger partial charge in [0, 0.05) is 32.0 Å². The molecule has 0 amide bonds. The van der Waals surface area contributed by atoms with Crippen LogP contribution in [0.1, 0.15) is 12.5 Å². The van der Waals surface area contributed by atoms with Crippen LogP contribution >= 0.6 is 0 Å². The number of morpholine rings is 1. The van der Waals surface area contributed by atoms with Crippen LogP contribution < -0.4 is 5.32 Å². The van der Waals surface area contributed by atoms with Crippen molar-refractivity contribution in [3.63, 3.8) is 0 Å². The van der Waals surface area contributed by atoms with Gasteiger partial charge in [-0.15, -0.1) is 0 Å². The van der Waals surface area contributed by atoms with Crippen LogP contribution in [0.15, 0.2) is 48.8 Å². The minimum atomic E-state index is 0.140. The zero-order chi connectivity index (χ0) is 15.2. The lowest BCUT2D eigenvalue weighted by atomic mass is 10.1. The van der Waals surface area contributed by atoms with E-state index in [1.165, 1.54) is 5.56 Å². The first kappa shape index (κ1) is 14.9. The normalized spacial score (nSPS) is 20.5. The maximum atomic E-state index is 5.92. The van der Waals surface area contributed by atoms with E-state index in [9.17, 15) is 0 Å². The lowest BCUT2D eigenvalue weighted by Gasteiger charge is -2.36. The summed E-state index contributed by atoms with van der Waals surface area (Å²) in [6.07, 6.45) is 3.62. The molecule has 2 aromatic rings. The first-order valence-corrected chi connectivity index (χ1v) is 7.73. The van der Waals surface area contributed by atoms with E-state index in [-0.39, 0.29) is 12.1 Å². The molecule has 0 spiro atoms. The second kappa shape index (κ2) is 7.33. The summed E-state index contributed by atoms with van der Waals surface area (Å²) in [5.74, 6) is 0.652. The molecule has 116 valence electrons. The number of nitrogens with one attached hydrogen (secondary N) is 1. The summed E-state index contributed by atoms with van der Waals surface area (Å²) in [5.41, 5.74) is 1.34. The van der Waals surface area contributed by atoms with Crippen LogP contribution in [0, 0.1) is 0 Å². The van der Waals surface area contributed by atoms with Crippen LogP contribution in [0.2, 0.25) is 0 Å². The quantitative estimate of drug-likeness (QED) is 0.917. The van der Waals surface area contributed by atoms with E-state index in [0.29, 0.717) is 5.95 Å². The van der Waals surface area contributed by atoms with Crippen LogP contribution in [0.5, 0.6) is 0 Å². The summed E-state index contributed by atoms with van der Waals surface area (Å²) in [6, 6.07) is 12.6. The van der Waals surface area contributed by atoms with Gasteiger partial charge in [-0.1, -0.05) is 30.3 Å². The van der Waals surface area contributed by atoms with Crippen LogP contribution in [0.3, 0.4) is 0 Å². The van der Waals surface area contributed by atoms with E-state index in [0.717, 1.165) is 26.2 Å². The van der Waals surface area contributed by atoms with Crippen molar-refractivity contribution in [1.82, 2.24) is 14.9 Å². The highest BCUT2D eigenvalue weighted by atomic mass is 16.5. The largest absolute Gasteiger partial charge is 0.373 e. The molecule has 0 saturated carbocycles. The zero-order valence-electron chi connectivity index (χ0n) is 12.9. The molecule has 2 unspecified atom stereocenters. The van der Waals surface area contributed by atoms with E-state index in [1.807, 2.05) is 6.07 Å². The fourth-order valence-electron chi connectivity index (χ4n) is 2.69. The molecule has 0 bridgehead atoms. The molecule has 5 nitrogen and oxygen atoms in total. The lowest BCUT2D eigenvalue weighted by molar-refractivity contribution is -0.0374. The van der Waals surface area contributed by atoms with Crippen molar-refractivity contribution in [3.8, 4) is 0 Å². The van der Waals surface area contributed by atoms with E-state index in [4.69, 9.17) is 4.74 Å². The average molecular weight is 298 g/mol. The summed E-state index contributed by atoms with van der Waals surface area (Å²) < 4.78 is 5.92. The zero-order valence-corrected chi connectivity index (χ0v) is 12.9. The Morgan fingerprint density at radius 3 is 2.77 bits per heavy atom. The molecule has 5 heteroatoms. The van der Waals surface area contributed by atoms with Crippen molar-refractivity contribution < 1.29 is 4.74 Å². The number of anilines is 1. The SMILES string of the molecule is CC(Nc1ncccn1)C1CN(Cc2ccccc2)CCO1. The van der Waals surface area contributed by atoms with Crippen molar-refractivity contribution in [2.45, 2.75) is 25.6 Å². The summed E-state index contributed by atoms with van der Waals surface area (Å²) >= 11 is 0. The van der Waals surface area contributed by atoms with Crippen LogP contribution in [0.4, 0.5) is 5.95 Å². The lowest BCUT2D eigenvalue weighted by Crippen LogP contribution is -2.48. The van der Waals surface area contributed by atoms with Crippen molar-refractivity contribution in [2.75, 3.05) is 25.0 Å². The third-order valence-corrected chi connectivity index (χ3v) is 3.91. The third kappa shape index (κ3) is 4.02. The highest BCUT2D eigenvalue weighted by molar-refractivity contribution is 5.24. The van der Waals surface area contributed by atoms with Crippen molar-refractivity contribution in [3.05, 3.63) is 54.4 Å². The molecule has 2 atom stereocenters. The Hall–Kier alpha value is -1.98. The Morgan fingerprint density at radius 1 is 1.23 bits per heavy atom. The predicted octanol–water partition coefficient (Wildman–Crippen LogP) is 2.18. The van der Waals surface area contributed by atoms with Gasteiger partial charge in [-0.05, 0) is 18.6 Å². The number of benzene rings is 1. The van der Waals surface area contributed by atoms with E-state index >= 15 is 0 Å². The molecule has 1 aromatic carbocycles. The van der Waals surface area contributed by atoms with Crippen LogP contribution in [-0.2, 0) is 11.3 Å². The predicted molar refractivity (Wildman–Crippen MR) is 86.6 cm³/mol. The maximum absolute atomic E-state index is 5.92. The number of hydrogen-bond acceptors (Lipinski definition) is 5. The molecule has 3 rings (SSSR count). The second-order valence-corrected chi connectivity index (χ2v) is 5.64. The van der Waals surface area contributed by atoms with E-state index in [1.54, 1.807) is 12.4 Å². The van der Waals surface area contributed by atoms with E-state index in [2.05, 4.69) is 57.4 Å². The van der Waals surface area contributed by atoms with Gasteiger partial charge in [-0.2, -0.15) is 0 Å². The molecule has 1 aliphatic rings. The minimum absolute atomic E-state index is 0.140. The Morgan fingerprint density at radius 2 is 2.00 bits per heavy atom. The maximum Gasteiger partial charge on any atom is 0.222 e. The molecular formula is C17H22N4O. The summed E-state index contributed by atoms with van der Waals surface area (Å²) in [7, 11) is 0. The Balaban J connectivity index is 1.56. The molecule has 1 fully saturated rings. The van der Waals surface area contributed by atoms with Gasteiger partial charge in [0.1, 0.15) is 0 Å². The number of rotatable bonds is 5. The Kier molecular flexibility index (Phi) is 4.98. The second-order valence-electron chi connectivity index (χ2n) is 5.64. The molecule has 1 N–H and O–H groups in total. The molecular weight excluding hydrogens is 276 g/mol. The van der Waals surface area contributed by atoms with Gasteiger partial charge in [0.25, 0.3) is 0 Å². The smallest absolute Gasteiger partial charge is 0.222 e. The highest BCUT2D eigenvalue weighted by Gasteiger charge is 2.25. The molecule has 1 aromatic heterocycles. The minimum Gasteiger partial charge on any atom is -0.373 e. The van der Waals surface area contributed by atoms with Gasteiger partial charge in [-0.25, -0.2) is 9.97 Å². The third-order valence-electron chi connectivity index (χ3n) is 3.91. The first-order chi connectivity index (χ1) is 10.8. The average Bonchev–Trinajstić information content (AvgIpc) is 2.57. The highest BCUT2D eigenvalue weighted by Crippen LogP contribution is 2.14. The van der Waals surface area contributed by atoms with Gasteiger partial charge < -0.3 is 10.1 Å². The molecule has 1 saturated heterocycles. The van der Waals surface area contributed by atoms with Crippen molar-refractivity contribution in [1.29, 1.82) is 0 Å².